The third-order valence-electron chi connectivity index (χ3n) is 2.06. The molecule has 0 aliphatic rings. The van der Waals surface area contributed by atoms with E-state index >= 15 is 0 Å². The van der Waals surface area contributed by atoms with Crippen LogP contribution in [0.2, 0.25) is 0 Å². The zero-order chi connectivity index (χ0) is 10.6. The topological polar surface area (TPSA) is 49.8 Å². The van der Waals surface area contributed by atoms with Crippen molar-refractivity contribution in [2.45, 2.75) is 25.8 Å². The van der Waals surface area contributed by atoms with Crippen molar-refractivity contribution in [2.24, 2.45) is 5.73 Å². The standard InChI is InChI=1S/C11H13FN2/c1-8(14)2-3-9-4-5-11(12)6-10(9)7-13/h4-6,8H,2-3,14H2,1H3. The van der Waals surface area contributed by atoms with E-state index in [-0.39, 0.29) is 11.9 Å². The second-order valence-corrected chi connectivity index (χ2v) is 3.43. The van der Waals surface area contributed by atoms with Gasteiger partial charge in [-0.25, -0.2) is 4.39 Å². The zero-order valence-electron chi connectivity index (χ0n) is 8.13. The van der Waals surface area contributed by atoms with E-state index in [1.54, 1.807) is 6.07 Å². The highest BCUT2D eigenvalue weighted by molar-refractivity contribution is 5.37. The van der Waals surface area contributed by atoms with Crippen LogP contribution in [0.5, 0.6) is 0 Å². The summed E-state index contributed by atoms with van der Waals surface area (Å²) in [6.45, 7) is 1.91. The Labute approximate surface area is 83.2 Å². The fourth-order valence-electron chi connectivity index (χ4n) is 1.25. The highest BCUT2D eigenvalue weighted by Gasteiger charge is 2.04. The van der Waals surface area contributed by atoms with Gasteiger partial charge in [0, 0.05) is 6.04 Å². The van der Waals surface area contributed by atoms with E-state index in [1.807, 2.05) is 13.0 Å². The van der Waals surface area contributed by atoms with Gasteiger partial charge < -0.3 is 5.73 Å². The second kappa shape index (κ2) is 4.73. The quantitative estimate of drug-likeness (QED) is 0.796. The number of hydrogen-bond acceptors (Lipinski definition) is 2. The van der Waals surface area contributed by atoms with E-state index in [0.717, 1.165) is 18.4 Å². The lowest BCUT2D eigenvalue weighted by Crippen LogP contribution is -2.15. The minimum atomic E-state index is -0.369. The predicted octanol–water partition coefficient (Wildman–Crippen LogP) is 1.98. The smallest absolute Gasteiger partial charge is 0.124 e. The molecule has 0 aliphatic carbocycles. The van der Waals surface area contributed by atoms with Gasteiger partial charge in [-0.2, -0.15) is 5.26 Å². The number of nitrogens with two attached hydrogens (primary N) is 1. The Hall–Kier alpha value is -1.40. The molecular weight excluding hydrogens is 179 g/mol. The lowest BCUT2D eigenvalue weighted by molar-refractivity contribution is 0.624. The SMILES string of the molecule is CC(N)CCc1ccc(F)cc1C#N. The molecule has 0 bridgehead atoms. The van der Waals surface area contributed by atoms with Gasteiger partial charge in [-0.1, -0.05) is 6.07 Å². The van der Waals surface area contributed by atoms with Crippen LogP contribution in [0.1, 0.15) is 24.5 Å². The van der Waals surface area contributed by atoms with Crippen molar-refractivity contribution in [3.8, 4) is 6.07 Å². The Kier molecular flexibility index (Phi) is 3.61. The molecule has 0 amide bonds. The summed E-state index contributed by atoms with van der Waals surface area (Å²) in [5.41, 5.74) is 6.88. The lowest BCUT2D eigenvalue weighted by Gasteiger charge is -2.06. The van der Waals surface area contributed by atoms with Crippen molar-refractivity contribution in [1.29, 1.82) is 5.26 Å². The molecule has 1 rings (SSSR count). The second-order valence-electron chi connectivity index (χ2n) is 3.43. The maximum Gasteiger partial charge on any atom is 0.124 e. The minimum Gasteiger partial charge on any atom is -0.328 e. The van der Waals surface area contributed by atoms with E-state index < -0.39 is 0 Å². The summed E-state index contributed by atoms with van der Waals surface area (Å²) in [6.07, 6.45) is 1.53. The average Bonchev–Trinajstić information content (AvgIpc) is 2.15. The van der Waals surface area contributed by atoms with Crippen LogP contribution in [-0.2, 0) is 6.42 Å². The van der Waals surface area contributed by atoms with E-state index in [1.165, 1.54) is 12.1 Å². The summed E-state index contributed by atoms with van der Waals surface area (Å²) >= 11 is 0. The van der Waals surface area contributed by atoms with Crippen LogP contribution in [0.15, 0.2) is 18.2 Å². The fraction of sp³-hybridized carbons (Fsp3) is 0.364. The summed E-state index contributed by atoms with van der Waals surface area (Å²) in [6, 6.07) is 6.36. The van der Waals surface area contributed by atoms with E-state index in [9.17, 15) is 4.39 Å². The Balaban J connectivity index is 2.82. The molecule has 0 saturated heterocycles. The molecule has 0 heterocycles. The van der Waals surface area contributed by atoms with Crippen LogP contribution >= 0.6 is 0 Å². The summed E-state index contributed by atoms with van der Waals surface area (Å²) in [7, 11) is 0. The molecule has 0 aliphatic heterocycles. The molecule has 1 aromatic carbocycles. The normalized spacial score (nSPS) is 12.1. The molecule has 2 nitrogen and oxygen atoms in total. The number of benzene rings is 1. The van der Waals surface area contributed by atoms with Crippen LogP contribution in [0.25, 0.3) is 0 Å². The minimum absolute atomic E-state index is 0.103. The Morgan fingerprint density at radius 2 is 2.29 bits per heavy atom. The van der Waals surface area contributed by atoms with Crippen LogP contribution in [0.4, 0.5) is 4.39 Å². The van der Waals surface area contributed by atoms with Crippen molar-refractivity contribution in [3.63, 3.8) is 0 Å². The molecule has 2 N–H and O–H groups in total. The molecule has 0 saturated carbocycles. The monoisotopic (exact) mass is 192 g/mol. The Morgan fingerprint density at radius 3 is 2.86 bits per heavy atom. The number of rotatable bonds is 3. The van der Waals surface area contributed by atoms with Crippen LogP contribution < -0.4 is 5.73 Å². The molecule has 1 unspecified atom stereocenters. The molecule has 0 aromatic heterocycles. The average molecular weight is 192 g/mol. The van der Waals surface area contributed by atoms with Gasteiger partial charge in [-0.05, 0) is 37.5 Å². The zero-order valence-corrected chi connectivity index (χ0v) is 8.13. The number of aryl methyl sites for hydroxylation is 1. The third-order valence-corrected chi connectivity index (χ3v) is 2.06. The van der Waals surface area contributed by atoms with Crippen molar-refractivity contribution in [3.05, 3.63) is 35.1 Å². The van der Waals surface area contributed by atoms with Gasteiger partial charge in [0.1, 0.15) is 5.82 Å². The molecule has 74 valence electrons. The first-order valence-corrected chi connectivity index (χ1v) is 4.57. The molecule has 0 spiro atoms. The number of halogens is 1. The van der Waals surface area contributed by atoms with Gasteiger partial charge in [-0.3, -0.25) is 0 Å². The maximum atomic E-state index is 12.8. The summed E-state index contributed by atoms with van der Waals surface area (Å²) in [5.74, 6) is -0.369. The van der Waals surface area contributed by atoms with Crippen molar-refractivity contribution in [2.75, 3.05) is 0 Å². The molecular formula is C11H13FN2. The van der Waals surface area contributed by atoms with E-state index in [0.29, 0.717) is 5.56 Å². The van der Waals surface area contributed by atoms with Crippen LogP contribution in [-0.4, -0.2) is 6.04 Å². The molecule has 3 heteroatoms. The maximum absolute atomic E-state index is 12.8. The highest BCUT2D eigenvalue weighted by Crippen LogP contribution is 2.12. The molecule has 14 heavy (non-hydrogen) atoms. The molecule has 1 aromatic rings. The van der Waals surface area contributed by atoms with Crippen LogP contribution in [0, 0.1) is 17.1 Å². The third kappa shape index (κ3) is 2.82. The van der Waals surface area contributed by atoms with Gasteiger partial charge in [-0.15, -0.1) is 0 Å². The number of hydrogen-bond donors (Lipinski definition) is 1. The first kappa shape index (κ1) is 10.7. The molecule has 0 radical (unpaired) electrons. The van der Waals surface area contributed by atoms with Crippen LogP contribution in [0.3, 0.4) is 0 Å². The van der Waals surface area contributed by atoms with Gasteiger partial charge >= 0.3 is 0 Å². The van der Waals surface area contributed by atoms with Crippen molar-refractivity contribution in [1.82, 2.24) is 0 Å². The van der Waals surface area contributed by atoms with Gasteiger partial charge in [0.25, 0.3) is 0 Å². The highest BCUT2D eigenvalue weighted by atomic mass is 19.1. The predicted molar refractivity (Wildman–Crippen MR) is 53.1 cm³/mol. The number of nitriles is 1. The first-order chi connectivity index (χ1) is 6.63. The van der Waals surface area contributed by atoms with Gasteiger partial charge in [0.15, 0.2) is 0 Å². The Morgan fingerprint density at radius 1 is 1.57 bits per heavy atom. The van der Waals surface area contributed by atoms with Gasteiger partial charge in [0.05, 0.1) is 11.6 Å². The first-order valence-electron chi connectivity index (χ1n) is 4.57. The molecule has 1 atom stereocenters. The number of nitrogens with zero attached hydrogens (tertiary/aromatic N) is 1. The summed E-state index contributed by atoms with van der Waals surface area (Å²) in [4.78, 5) is 0. The van der Waals surface area contributed by atoms with Crippen molar-refractivity contribution >= 4 is 0 Å². The molecule has 0 fully saturated rings. The van der Waals surface area contributed by atoms with E-state index in [2.05, 4.69) is 0 Å². The van der Waals surface area contributed by atoms with Gasteiger partial charge in [0.2, 0.25) is 0 Å². The fourth-order valence-corrected chi connectivity index (χ4v) is 1.25. The summed E-state index contributed by atoms with van der Waals surface area (Å²) in [5, 5.41) is 8.76. The summed E-state index contributed by atoms with van der Waals surface area (Å²) < 4.78 is 12.8. The lowest BCUT2D eigenvalue weighted by atomic mass is 10.0. The largest absolute Gasteiger partial charge is 0.328 e. The Bertz CT molecular complexity index is 353. The van der Waals surface area contributed by atoms with Crippen molar-refractivity contribution < 1.29 is 4.39 Å². The van der Waals surface area contributed by atoms with E-state index in [4.69, 9.17) is 11.0 Å².